The minimum atomic E-state index is -0.487. The number of benzene rings is 1. The lowest BCUT2D eigenvalue weighted by atomic mass is 10.1. The maximum atomic E-state index is 12.8. The first kappa shape index (κ1) is 25.7. The van der Waals surface area contributed by atoms with Crippen LogP contribution < -0.4 is 20.1 Å². The lowest BCUT2D eigenvalue weighted by Crippen LogP contribution is -2.42. The molecule has 0 bridgehead atoms. The molecule has 1 aliphatic rings. The molecule has 1 fully saturated rings. The first-order chi connectivity index (χ1) is 16.9. The number of nitrogens with one attached hydrogen (secondary N) is 3. The third-order valence-electron chi connectivity index (χ3n) is 5.04. The second-order valence-corrected chi connectivity index (χ2v) is 7.96. The van der Waals surface area contributed by atoms with E-state index in [1.165, 1.54) is 12.3 Å². The summed E-state index contributed by atoms with van der Waals surface area (Å²) in [5.74, 6) is 0.499. The van der Waals surface area contributed by atoms with Gasteiger partial charge in [-0.2, -0.15) is 0 Å². The lowest BCUT2D eigenvalue weighted by Gasteiger charge is -2.30. The van der Waals surface area contributed by atoms with E-state index in [0.29, 0.717) is 36.1 Å². The lowest BCUT2D eigenvalue weighted by molar-refractivity contribution is 0.0645. The predicted molar refractivity (Wildman–Crippen MR) is 131 cm³/mol. The molecule has 35 heavy (non-hydrogen) atoms. The van der Waals surface area contributed by atoms with E-state index in [0.717, 1.165) is 19.5 Å². The van der Waals surface area contributed by atoms with Gasteiger partial charge in [-0.3, -0.25) is 15.0 Å². The number of pyridine rings is 1. The average Bonchev–Trinajstić information content (AvgIpc) is 2.78. The number of likely N-dealkylation sites (tertiary alicyclic amines) is 1. The molecule has 10 heteroatoms. The molecule has 2 amide bonds. The standard InChI is InChI=1S/C25H31N5O5/c1-4-27-9-8-23(26)29-24(31)18-12-20(34-17(2)16-33-3)14-21(13-18)35-19-6-7-22(28-15-19)25(32)30-10-5-11-30/h6-9,12-15,17,27H,4-5,10-11,16H2,1-3H3,(H2,26,29,31)/b9-8-/t17-/m0/s1. The first-order valence-corrected chi connectivity index (χ1v) is 11.4. The Morgan fingerprint density at radius 3 is 2.60 bits per heavy atom. The molecule has 0 unspecified atom stereocenters. The van der Waals surface area contributed by atoms with Gasteiger partial charge in [-0.1, -0.05) is 0 Å². The number of amidine groups is 1. The predicted octanol–water partition coefficient (Wildman–Crippen LogP) is 2.96. The molecule has 1 aromatic heterocycles. The molecule has 3 rings (SSSR count). The average molecular weight is 482 g/mol. The third-order valence-corrected chi connectivity index (χ3v) is 5.04. The Morgan fingerprint density at radius 2 is 1.97 bits per heavy atom. The van der Waals surface area contributed by atoms with Gasteiger partial charge in [0.15, 0.2) is 0 Å². The van der Waals surface area contributed by atoms with Crippen molar-refractivity contribution in [2.24, 2.45) is 0 Å². The van der Waals surface area contributed by atoms with E-state index >= 15 is 0 Å². The van der Waals surface area contributed by atoms with Crippen molar-refractivity contribution in [2.75, 3.05) is 33.4 Å². The maximum absolute atomic E-state index is 12.8. The summed E-state index contributed by atoms with van der Waals surface area (Å²) in [7, 11) is 1.58. The fourth-order valence-electron chi connectivity index (χ4n) is 3.21. The molecule has 0 saturated carbocycles. The Hall–Kier alpha value is -3.92. The van der Waals surface area contributed by atoms with Crippen LogP contribution >= 0.6 is 0 Å². The Morgan fingerprint density at radius 1 is 1.20 bits per heavy atom. The number of hydrogen-bond donors (Lipinski definition) is 3. The van der Waals surface area contributed by atoms with Crippen LogP contribution in [-0.2, 0) is 4.74 Å². The minimum Gasteiger partial charge on any atom is -0.488 e. The summed E-state index contributed by atoms with van der Waals surface area (Å²) in [4.78, 5) is 31.0. The van der Waals surface area contributed by atoms with Gasteiger partial charge in [-0.05, 0) is 50.6 Å². The summed E-state index contributed by atoms with van der Waals surface area (Å²) in [6, 6.07) is 8.04. The van der Waals surface area contributed by atoms with Crippen LogP contribution in [0.2, 0.25) is 0 Å². The second kappa shape index (κ2) is 12.5. The third kappa shape index (κ3) is 7.54. The molecule has 0 radical (unpaired) electrons. The molecule has 1 saturated heterocycles. The molecule has 1 aromatic carbocycles. The van der Waals surface area contributed by atoms with Crippen molar-refractivity contribution in [3.8, 4) is 17.2 Å². The van der Waals surface area contributed by atoms with Gasteiger partial charge in [0.2, 0.25) is 0 Å². The molecule has 186 valence electrons. The van der Waals surface area contributed by atoms with Gasteiger partial charge in [-0.15, -0.1) is 0 Å². The van der Waals surface area contributed by atoms with Crippen molar-refractivity contribution < 1.29 is 23.8 Å². The SMILES string of the molecule is CCN/C=C\C(=N)NC(=O)c1cc(Oc2ccc(C(=O)N3CCC3)nc2)cc(O[C@@H](C)COC)c1. The van der Waals surface area contributed by atoms with E-state index in [1.807, 2.05) is 13.8 Å². The van der Waals surface area contributed by atoms with E-state index in [1.54, 1.807) is 48.5 Å². The van der Waals surface area contributed by atoms with Gasteiger partial charge in [0, 0.05) is 44.6 Å². The van der Waals surface area contributed by atoms with Crippen LogP contribution in [0.3, 0.4) is 0 Å². The number of methoxy groups -OCH3 is 1. The summed E-state index contributed by atoms with van der Waals surface area (Å²) < 4.78 is 16.9. The van der Waals surface area contributed by atoms with Gasteiger partial charge in [-0.25, -0.2) is 4.98 Å². The fraction of sp³-hybridized carbons (Fsp3) is 0.360. The Kier molecular flexibility index (Phi) is 9.19. The van der Waals surface area contributed by atoms with Crippen LogP contribution in [-0.4, -0.2) is 67.0 Å². The zero-order chi connectivity index (χ0) is 25.2. The number of carbonyl (C=O) groups excluding carboxylic acids is 2. The Bertz CT molecular complexity index is 1070. The van der Waals surface area contributed by atoms with E-state index in [2.05, 4.69) is 15.6 Å². The van der Waals surface area contributed by atoms with Gasteiger partial charge >= 0.3 is 0 Å². The molecule has 2 aromatic rings. The zero-order valence-corrected chi connectivity index (χ0v) is 20.2. The van der Waals surface area contributed by atoms with Crippen LogP contribution in [0.1, 0.15) is 41.1 Å². The summed E-state index contributed by atoms with van der Waals surface area (Å²) in [5.41, 5.74) is 0.605. The van der Waals surface area contributed by atoms with Crippen LogP contribution in [0, 0.1) is 5.41 Å². The topological polar surface area (TPSA) is 126 Å². The maximum Gasteiger partial charge on any atom is 0.272 e. The molecule has 2 heterocycles. The molecule has 1 aliphatic heterocycles. The fourth-order valence-corrected chi connectivity index (χ4v) is 3.21. The van der Waals surface area contributed by atoms with E-state index in [9.17, 15) is 9.59 Å². The zero-order valence-electron chi connectivity index (χ0n) is 20.2. The molecule has 0 aliphatic carbocycles. The number of aromatic nitrogens is 1. The van der Waals surface area contributed by atoms with Gasteiger partial charge < -0.3 is 29.7 Å². The first-order valence-electron chi connectivity index (χ1n) is 11.4. The molecular weight excluding hydrogens is 450 g/mol. The summed E-state index contributed by atoms with van der Waals surface area (Å²) in [6.07, 6.45) is 5.26. The van der Waals surface area contributed by atoms with Crippen LogP contribution in [0.25, 0.3) is 0 Å². The number of amides is 2. The van der Waals surface area contributed by atoms with Crippen molar-refractivity contribution in [3.05, 3.63) is 60.1 Å². The molecule has 10 nitrogen and oxygen atoms in total. The number of nitrogens with zero attached hydrogens (tertiary/aromatic N) is 2. The number of hydrogen-bond acceptors (Lipinski definition) is 8. The highest BCUT2D eigenvalue weighted by molar-refractivity contribution is 6.09. The normalized spacial score (nSPS) is 13.6. The van der Waals surface area contributed by atoms with Crippen molar-refractivity contribution in [2.45, 2.75) is 26.4 Å². The van der Waals surface area contributed by atoms with Crippen LogP contribution in [0.4, 0.5) is 0 Å². The number of carbonyl (C=O) groups is 2. The van der Waals surface area contributed by atoms with Gasteiger partial charge in [0.1, 0.15) is 34.9 Å². The van der Waals surface area contributed by atoms with E-state index in [-0.39, 0.29) is 23.4 Å². The summed E-state index contributed by atoms with van der Waals surface area (Å²) in [6.45, 7) is 6.34. The van der Waals surface area contributed by atoms with E-state index in [4.69, 9.17) is 19.6 Å². The molecular formula is C25H31N5O5. The quantitative estimate of drug-likeness (QED) is 0.333. The Labute approximate surface area is 204 Å². The summed E-state index contributed by atoms with van der Waals surface area (Å²) in [5, 5.41) is 13.4. The summed E-state index contributed by atoms with van der Waals surface area (Å²) >= 11 is 0. The number of ether oxygens (including phenoxy) is 3. The monoisotopic (exact) mass is 481 g/mol. The van der Waals surface area contributed by atoms with Crippen LogP contribution in [0.15, 0.2) is 48.8 Å². The molecule has 0 spiro atoms. The van der Waals surface area contributed by atoms with Gasteiger partial charge in [0.25, 0.3) is 11.8 Å². The molecule has 1 atom stereocenters. The van der Waals surface area contributed by atoms with Gasteiger partial charge in [0.05, 0.1) is 12.8 Å². The largest absolute Gasteiger partial charge is 0.488 e. The highest BCUT2D eigenvalue weighted by Crippen LogP contribution is 2.28. The van der Waals surface area contributed by atoms with Crippen molar-refractivity contribution >= 4 is 17.6 Å². The van der Waals surface area contributed by atoms with Crippen molar-refractivity contribution in [1.82, 2.24) is 20.5 Å². The van der Waals surface area contributed by atoms with Crippen LogP contribution in [0.5, 0.6) is 17.2 Å². The smallest absolute Gasteiger partial charge is 0.272 e. The van der Waals surface area contributed by atoms with Crippen molar-refractivity contribution in [1.29, 1.82) is 5.41 Å². The minimum absolute atomic E-state index is 0.0656. The van der Waals surface area contributed by atoms with E-state index < -0.39 is 5.91 Å². The Balaban J connectivity index is 1.77. The highest BCUT2D eigenvalue weighted by atomic mass is 16.5. The number of rotatable bonds is 11. The second-order valence-electron chi connectivity index (χ2n) is 7.96. The molecule has 3 N–H and O–H groups in total. The van der Waals surface area contributed by atoms with Crippen molar-refractivity contribution in [3.63, 3.8) is 0 Å². The highest BCUT2D eigenvalue weighted by Gasteiger charge is 2.22.